The van der Waals surface area contributed by atoms with Crippen molar-refractivity contribution in [1.82, 2.24) is 0 Å². The lowest BCUT2D eigenvalue weighted by molar-refractivity contribution is 0.477. The fourth-order valence-electron chi connectivity index (χ4n) is 1.61. The van der Waals surface area contributed by atoms with Crippen molar-refractivity contribution in [3.05, 3.63) is 59.7 Å². The van der Waals surface area contributed by atoms with Crippen LogP contribution in [-0.4, -0.2) is 5.11 Å². The van der Waals surface area contributed by atoms with E-state index in [1.54, 1.807) is 12.1 Å². The highest BCUT2D eigenvalue weighted by molar-refractivity contribution is 5.54. The Labute approximate surface area is 94.3 Å². The van der Waals surface area contributed by atoms with E-state index in [0.29, 0.717) is 5.69 Å². The molecule has 0 aromatic heterocycles. The molecule has 16 heavy (non-hydrogen) atoms. The van der Waals surface area contributed by atoms with Gasteiger partial charge >= 0.3 is 0 Å². The van der Waals surface area contributed by atoms with Gasteiger partial charge in [-0.3, -0.25) is 0 Å². The molecule has 1 atom stereocenters. The van der Waals surface area contributed by atoms with Gasteiger partial charge in [0.15, 0.2) is 0 Å². The number of aromatic hydroxyl groups is 1. The number of phenols is 1. The van der Waals surface area contributed by atoms with Crippen molar-refractivity contribution in [2.45, 2.75) is 6.04 Å². The molecule has 0 radical (unpaired) electrons. The summed E-state index contributed by atoms with van der Waals surface area (Å²) in [6, 6.07) is 14.6. The topological polar surface area (TPSA) is 72.3 Å². The molecule has 0 fully saturated rings. The minimum atomic E-state index is -0.243. The van der Waals surface area contributed by atoms with E-state index in [0.717, 1.165) is 11.1 Å². The Hall–Kier alpha value is -2.00. The van der Waals surface area contributed by atoms with Crippen LogP contribution in [0.3, 0.4) is 0 Å². The third kappa shape index (κ3) is 1.99. The highest BCUT2D eigenvalue weighted by atomic mass is 16.3. The van der Waals surface area contributed by atoms with Crippen LogP contribution in [0.15, 0.2) is 48.5 Å². The standard InChI is InChI=1S/C13H14N2O/c14-11-7-6-10(8-12(11)16)13(15)9-4-2-1-3-5-9/h1-8,13,16H,14-15H2. The molecule has 0 heterocycles. The van der Waals surface area contributed by atoms with Gasteiger partial charge in [-0.15, -0.1) is 0 Å². The lowest BCUT2D eigenvalue weighted by atomic mass is 9.99. The highest BCUT2D eigenvalue weighted by Crippen LogP contribution is 2.26. The number of nitrogen functional groups attached to an aromatic ring is 1. The van der Waals surface area contributed by atoms with E-state index in [2.05, 4.69) is 0 Å². The SMILES string of the molecule is Nc1ccc(C(N)c2ccccc2)cc1O. The fraction of sp³-hybridized carbons (Fsp3) is 0.0769. The Balaban J connectivity index is 2.34. The molecule has 0 saturated heterocycles. The zero-order valence-corrected chi connectivity index (χ0v) is 8.80. The molecule has 1 unspecified atom stereocenters. The number of anilines is 1. The third-order valence-corrected chi connectivity index (χ3v) is 2.57. The van der Waals surface area contributed by atoms with Gasteiger partial charge in [-0.2, -0.15) is 0 Å². The predicted molar refractivity (Wildman–Crippen MR) is 65.0 cm³/mol. The molecule has 2 rings (SSSR count). The first-order valence-corrected chi connectivity index (χ1v) is 5.07. The summed E-state index contributed by atoms with van der Waals surface area (Å²) in [5.41, 5.74) is 13.8. The quantitative estimate of drug-likeness (QED) is 0.529. The van der Waals surface area contributed by atoms with Crippen LogP contribution < -0.4 is 11.5 Å². The molecule has 0 amide bonds. The number of nitrogens with two attached hydrogens (primary N) is 2. The van der Waals surface area contributed by atoms with Gasteiger partial charge < -0.3 is 16.6 Å². The maximum atomic E-state index is 9.52. The van der Waals surface area contributed by atoms with Gasteiger partial charge in [-0.05, 0) is 23.3 Å². The van der Waals surface area contributed by atoms with E-state index < -0.39 is 0 Å². The van der Waals surface area contributed by atoms with Gasteiger partial charge in [0.2, 0.25) is 0 Å². The average Bonchev–Trinajstić information content (AvgIpc) is 2.33. The molecule has 2 aromatic carbocycles. The molecular formula is C13H14N2O. The van der Waals surface area contributed by atoms with Gasteiger partial charge in [0.1, 0.15) is 5.75 Å². The highest BCUT2D eigenvalue weighted by Gasteiger charge is 2.09. The van der Waals surface area contributed by atoms with Gasteiger partial charge in [0, 0.05) is 0 Å². The van der Waals surface area contributed by atoms with E-state index in [-0.39, 0.29) is 11.8 Å². The molecule has 5 N–H and O–H groups in total. The molecule has 0 bridgehead atoms. The van der Waals surface area contributed by atoms with Crippen LogP contribution in [-0.2, 0) is 0 Å². The number of hydrogen-bond acceptors (Lipinski definition) is 3. The number of rotatable bonds is 2. The van der Waals surface area contributed by atoms with E-state index in [1.165, 1.54) is 0 Å². The van der Waals surface area contributed by atoms with E-state index in [4.69, 9.17) is 11.5 Å². The smallest absolute Gasteiger partial charge is 0.138 e. The van der Waals surface area contributed by atoms with Crippen LogP contribution in [0.5, 0.6) is 5.75 Å². The van der Waals surface area contributed by atoms with Crippen LogP contribution in [0.4, 0.5) is 5.69 Å². The summed E-state index contributed by atoms with van der Waals surface area (Å²) in [6.07, 6.45) is 0. The predicted octanol–water partition coefficient (Wildman–Crippen LogP) is 2.02. The average molecular weight is 214 g/mol. The summed E-state index contributed by atoms with van der Waals surface area (Å²) in [5, 5.41) is 9.52. The van der Waals surface area contributed by atoms with Crippen molar-refractivity contribution < 1.29 is 5.11 Å². The molecule has 82 valence electrons. The first-order valence-electron chi connectivity index (χ1n) is 5.07. The zero-order valence-electron chi connectivity index (χ0n) is 8.80. The first kappa shape index (κ1) is 10.5. The summed E-state index contributed by atoms with van der Waals surface area (Å²) >= 11 is 0. The van der Waals surface area contributed by atoms with E-state index in [9.17, 15) is 5.11 Å². The van der Waals surface area contributed by atoms with Crippen molar-refractivity contribution in [3.8, 4) is 5.75 Å². The second kappa shape index (κ2) is 4.24. The first-order chi connectivity index (χ1) is 7.68. The Morgan fingerprint density at radius 1 is 0.938 bits per heavy atom. The molecule has 3 heteroatoms. The van der Waals surface area contributed by atoms with E-state index in [1.807, 2.05) is 36.4 Å². The molecular weight excluding hydrogens is 200 g/mol. The number of hydrogen-bond donors (Lipinski definition) is 3. The van der Waals surface area contributed by atoms with Crippen molar-refractivity contribution in [1.29, 1.82) is 0 Å². The normalized spacial score (nSPS) is 12.3. The summed E-state index contributed by atoms with van der Waals surface area (Å²) in [6.45, 7) is 0. The minimum Gasteiger partial charge on any atom is -0.506 e. The summed E-state index contributed by atoms with van der Waals surface area (Å²) in [4.78, 5) is 0. The van der Waals surface area contributed by atoms with Crippen molar-refractivity contribution >= 4 is 5.69 Å². The van der Waals surface area contributed by atoms with Crippen molar-refractivity contribution in [2.24, 2.45) is 5.73 Å². The summed E-state index contributed by atoms with van der Waals surface area (Å²) in [7, 11) is 0. The fourth-order valence-corrected chi connectivity index (χ4v) is 1.61. The molecule has 0 spiro atoms. The van der Waals surface area contributed by atoms with Crippen LogP contribution >= 0.6 is 0 Å². The number of benzene rings is 2. The minimum absolute atomic E-state index is 0.0730. The maximum Gasteiger partial charge on any atom is 0.138 e. The van der Waals surface area contributed by atoms with Crippen molar-refractivity contribution in [2.75, 3.05) is 5.73 Å². The Kier molecular flexibility index (Phi) is 2.79. The van der Waals surface area contributed by atoms with Crippen LogP contribution in [0.25, 0.3) is 0 Å². The van der Waals surface area contributed by atoms with Crippen LogP contribution in [0.1, 0.15) is 17.2 Å². The van der Waals surface area contributed by atoms with Gasteiger partial charge in [0.25, 0.3) is 0 Å². The zero-order chi connectivity index (χ0) is 11.5. The third-order valence-electron chi connectivity index (χ3n) is 2.57. The van der Waals surface area contributed by atoms with Crippen LogP contribution in [0, 0.1) is 0 Å². The van der Waals surface area contributed by atoms with Gasteiger partial charge in [0.05, 0.1) is 11.7 Å². The van der Waals surface area contributed by atoms with Gasteiger partial charge in [-0.25, -0.2) is 0 Å². The molecule has 2 aromatic rings. The number of phenolic OH excluding ortho intramolecular Hbond substituents is 1. The molecule has 0 saturated carbocycles. The molecule has 0 aliphatic rings. The largest absolute Gasteiger partial charge is 0.506 e. The van der Waals surface area contributed by atoms with Crippen LogP contribution in [0.2, 0.25) is 0 Å². The van der Waals surface area contributed by atoms with E-state index >= 15 is 0 Å². The lowest BCUT2D eigenvalue weighted by Gasteiger charge is -2.13. The monoisotopic (exact) mass is 214 g/mol. The Morgan fingerprint density at radius 3 is 2.25 bits per heavy atom. The Bertz CT molecular complexity index is 483. The van der Waals surface area contributed by atoms with Crippen molar-refractivity contribution in [3.63, 3.8) is 0 Å². The summed E-state index contributed by atoms with van der Waals surface area (Å²) < 4.78 is 0. The molecule has 3 nitrogen and oxygen atoms in total. The molecule has 0 aliphatic heterocycles. The Morgan fingerprint density at radius 2 is 1.62 bits per heavy atom. The maximum absolute atomic E-state index is 9.52. The summed E-state index contributed by atoms with van der Waals surface area (Å²) in [5.74, 6) is 0.0730. The second-order valence-electron chi connectivity index (χ2n) is 3.71. The lowest BCUT2D eigenvalue weighted by Crippen LogP contribution is -2.11. The molecule has 0 aliphatic carbocycles. The van der Waals surface area contributed by atoms with Gasteiger partial charge in [-0.1, -0.05) is 36.4 Å². The second-order valence-corrected chi connectivity index (χ2v) is 3.71.